The number of nitro benzene ring substituents is 1. The standard InChI is InChI=1S/C12H12FN5O3/c1-7-6-17(12(14)16-7)15-5-8-3-10(18(19)20)11(21-2)4-9(8)13/h3-6H,1-2H3,(H2,14,16). The van der Waals surface area contributed by atoms with Gasteiger partial charge in [0.15, 0.2) is 5.75 Å². The van der Waals surface area contributed by atoms with Crippen molar-refractivity contribution in [3.63, 3.8) is 0 Å². The molecular formula is C12H12FN5O3. The smallest absolute Gasteiger partial charge is 0.311 e. The van der Waals surface area contributed by atoms with E-state index >= 15 is 0 Å². The molecular weight excluding hydrogens is 281 g/mol. The number of nitro groups is 1. The molecule has 2 rings (SSSR count). The van der Waals surface area contributed by atoms with Crippen molar-refractivity contribution < 1.29 is 14.1 Å². The molecule has 2 aromatic rings. The van der Waals surface area contributed by atoms with Crippen LogP contribution in [0.3, 0.4) is 0 Å². The Hall–Kier alpha value is -2.97. The number of aromatic nitrogens is 2. The van der Waals surface area contributed by atoms with Gasteiger partial charge in [-0.05, 0) is 6.92 Å². The number of imidazole rings is 1. The van der Waals surface area contributed by atoms with Gasteiger partial charge in [0, 0.05) is 17.7 Å². The number of aryl methyl sites for hydroxylation is 1. The molecule has 21 heavy (non-hydrogen) atoms. The van der Waals surface area contributed by atoms with Gasteiger partial charge in [-0.1, -0.05) is 0 Å². The average Bonchev–Trinajstić information content (AvgIpc) is 2.74. The number of methoxy groups -OCH3 is 1. The first-order chi connectivity index (χ1) is 9.92. The number of ether oxygens (including phenoxy) is 1. The Kier molecular flexibility index (Phi) is 3.83. The Balaban J connectivity index is 2.42. The number of halogens is 1. The number of hydrogen-bond acceptors (Lipinski definition) is 6. The zero-order chi connectivity index (χ0) is 15.6. The highest BCUT2D eigenvalue weighted by atomic mass is 19.1. The van der Waals surface area contributed by atoms with Crippen LogP contribution in [0.15, 0.2) is 23.4 Å². The summed E-state index contributed by atoms with van der Waals surface area (Å²) in [4.78, 5) is 14.2. The van der Waals surface area contributed by atoms with Gasteiger partial charge in [0.1, 0.15) is 5.82 Å². The molecule has 0 saturated heterocycles. The Labute approximate surface area is 118 Å². The molecule has 0 atom stereocenters. The average molecular weight is 293 g/mol. The molecule has 0 fully saturated rings. The molecule has 2 N–H and O–H groups in total. The van der Waals surface area contributed by atoms with E-state index < -0.39 is 10.7 Å². The summed E-state index contributed by atoms with van der Waals surface area (Å²) in [5.74, 6) is -0.726. The predicted octanol–water partition coefficient (Wildman–Crippen LogP) is 1.71. The maximum absolute atomic E-state index is 13.8. The lowest BCUT2D eigenvalue weighted by Crippen LogP contribution is -2.00. The van der Waals surface area contributed by atoms with E-state index in [2.05, 4.69) is 10.1 Å². The molecule has 0 saturated carbocycles. The molecule has 110 valence electrons. The molecule has 8 nitrogen and oxygen atoms in total. The molecule has 9 heteroatoms. The summed E-state index contributed by atoms with van der Waals surface area (Å²) < 4.78 is 19.8. The first-order valence-corrected chi connectivity index (χ1v) is 5.80. The van der Waals surface area contributed by atoms with E-state index in [0.29, 0.717) is 5.69 Å². The van der Waals surface area contributed by atoms with E-state index in [9.17, 15) is 14.5 Å². The van der Waals surface area contributed by atoms with Crippen LogP contribution in [0.25, 0.3) is 0 Å². The fraction of sp³-hybridized carbons (Fsp3) is 0.167. The second-order valence-corrected chi connectivity index (χ2v) is 4.13. The zero-order valence-electron chi connectivity index (χ0n) is 11.3. The van der Waals surface area contributed by atoms with Gasteiger partial charge in [-0.25, -0.2) is 14.1 Å². The second-order valence-electron chi connectivity index (χ2n) is 4.13. The monoisotopic (exact) mass is 293 g/mol. The van der Waals surface area contributed by atoms with Crippen molar-refractivity contribution in [2.75, 3.05) is 12.8 Å². The largest absolute Gasteiger partial charge is 0.490 e. The van der Waals surface area contributed by atoms with Gasteiger partial charge in [-0.3, -0.25) is 10.1 Å². The molecule has 1 aromatic heterocycles. The van der Waals surface area contributed by atoms with E-state index in [0.717, 1.165) is 18.3 Å². The van der Waals surface area contributed by atoms with Crippen molar-refractivity contribution in [3.05, 3.63) is 45.5 Å². The van der Waals surface area contributed by atoms with Crippen LogP contribution < -0.4 is 10.5 Å². The van der Waals surface area contributed by atoms with Gasteiger partial charge in [0.05, 0.1) is 30.1 Å². The third-order valence-corrected chi connectivity index (χ3v) is 2.65. The highest BCUT2D eigenvalue weighted by molar-refractivity contribution is 5.82. The van der Waals surface area contributed by atoms with Gasteiger partial charge in [0.25, 0.3) is 0 Å². The van der Waals surface area contributed by atoms with Crippen LogP contribution in [0.4, 0.5) is 16.0 Å². The highest BCUT2D eigenvalue weighted by Gasteiger charge is 2.18. The van der Waals surface area contributed by atoms with Crippen LogP contribution in [0.1, 0.15) is 11.3 Å². The Morgan fingerprint density at radius 3 is 2.81 bits per heavy atom. The summed E-state index contributed by atoms with van der Waals surface area (Å²) in [7, 11) is 1.23. The van der Waals surface area contributed by atoms with Crippen LogP contribution in [0.2, 0.25) is 0 Å². The molecule has 0 unspecified atom stereocenters. The number of hydrogen-bond donors (Lipinski definition) is 1. The zero-order valence-corrected chi connectivity index (χ0v) is 11.3. The van der Waals surface area contributed by atoms with Crippen LogP contribution in [-0.2, 0) is 0 Å². The van der Waals surface area contributed by atoms with Crippen LogP contribution in [-0.4, -0.2) is 27.9 Å². The Bertz CT molecular complexity index is 726. The first-order valence-electron chi connectivity index (χ1n) is 5.80. The number of nitrogen functional groups attached to an aromatic ring is 1. The molecule has 1 heterocycles. The van der Waals surface area contributed by atoms with E-state index in [4.69, 9.17) is 10.5 Å². The predicted molar refractivity (Wildman–Crippen MR) is 74.0 cm³/mol. The van der Waals surface area contributed by atoms with Crippen molar-refractivity contribution in [1.82, 2.24) is 9.66 Å². The normalized spacial score (nSPS) is 11.0. The Morgan fingerprint density at radius 1 is 1.57 bits per heavy atom. The van der Waals surface area contributed by atoms with Crippen molar-refractivity contribution in [1.29, 1.82) is 0 Å². The lowest BCUT2D eigenvalue weighted by atomic mass is 10.2. The summed E-state index contributed by atoms with van der Waals surface area (Å²) in [6, 6.07) is 1.97. The fourth-order valence-corrected chi connectivity index (χ4v) is 1.69. The number of nitrogens with two attached hydrogens (primary N) is 1. The fourth-order valence-electron chi connectivity index (χ4n) is 1.69. The third kappa shape index (κ3) is 2.96. The van der Waals surface area contributed by atoms with Crippen molar-refractivity contribution in [2.45, 2.75) is 6.92 Å². The second kappa shape index (κ2) is 5.57. The highest BCUT2D eigenvalue weighted by Crippen LogP contribution is 2.29. The van der Waals surface area contributed by atoms with Gasteiger partial charge in [0.2, 0.25) is 5.95 Å². The quantitative estimate of drug-likeness (QED) is 0.524. The minimum Gasteiger partial charge on any atom is -0.490 e. The number of anilines is 1. The summed E-state index contributed by atoms with van der Waals surface area (Å²) in [5.41, 5.74) is 5.81. The van der Waals surface area contributed by atoms with E-state index in [1.807, 2.05) is 0 Å². The number of nitrogens with zero attached hydrogens (tertiary/aromatic N) is 4. The molecule has 0 amide bonds. The van der Waals surface area contributed by atoms with Crippen LogP contribution >= 0.6 is 0 Å². The number of rotatable bonds is 4. The molecule has 0 bridgehead atoms. The van der Waals surface area contributed by atoms with E-state index in [1.54, 1.807) is 13.1 Å². The molecule has 0 radical (unpaired) electrons. The molecule has 0 spiro atoms. The summed E-state index contributed by atoms with van der Waals surface area (Å²) in [6.07, 6.45) is 2.67. The lowest BCUT2D eigenvalue weighted by Gasteiger charge is -2.03. The van der Waals surface area contributed by atoms with Gasteiger partial charge >= 0.3 is 5.69 Å². The van der Waals surface area contributed by atoms with Crippen LogP contribution in [0, 0.1) is 22.9 Å². The molecule has 0 aliphatic heterocycles. The Morgan fingerprint density at radius 2 is 2.29 bits per heavy atom. The topological polar surface area (TPSA) is 109 Å². The minimum atomic E-state index is -0.698. The molecule has 0 aliphatic carbocycles. The molecule has 1 aromatic carbocycles. The van der Waals surface area contributed by atoms with E-state index in [-0.39, 0.29) is 22.9 Å². The maximum Gasteiger partial charge on any atom is 0.311 e. The molecule has 0 aliphatic rings. The SMILES string of the molecule is COc1cc(F)c(C=Nn2cc(C)nc2N)cc1[N+](=O)[O-]. The summed E-state index contributed by atoms with van der Waals surface area (Å²) in [5, 5.41) is 14.8. The van der Waals surface area contributed by atoms with Crippen molar-refractivity contribution in [2.24, 2.45) is 5.10 Å². The van der Waals surface area contributed by atoms with Crippen molar-refractivity contribution in [3.8, 4) is 5.75 Å². The minimum absolute atomic E-state index is 0.0618. The van der Waals surface area contributed by atoms with Gasteiger partial charge in [-0.2, -0.15) is 5.10 Å². The van der Waals surface area contributed by atoms with E-state index in [1.165, 1.54) is 11.8 Å². The summed E-state index contributed by atoms with van der Waals surface area (Å²) in [6.45, 7) is 1.72. The van der Waals surface area contributed by atoms with Crippen LogP contribution in [0.5, 0.6) is 5.75 Å². The van der Waals surface area contributed by atoms with Gasteiger partial charge in [-0.15, -0.1) is 0 Å². The maximum atomic E-state index is 13.8. The van der Waals surface area contributed by atoms with Crippen molar-refractivity contribution >= 4 is 17.9 Å². The summed E-state index contributed by atoms with van der Waals surface area (Å²) >= 11 is 0. The number of benzene rings is 1. The first kappa shape index (κ1) is 14.4. The third-order valence-electron chi connectivity index (χ3n) is 2.65. The van der Waals surface area contributed by atoms with Gasteiger partial charge < -0.3 is 10.5 Å². The lowest BCUT2D eigenvalue weighted by molar-refractivity contribution is -0.385.